The Balaban J connectivity index is 2.06. The minimum atomic E-state index is -0.160. The monoisotopic (exact) mass is 233 g/mol. The van der Waals surface area contributed by atoms with E-state index >= 15 is 0 Å². The van der Waals surface area contributed by atoms with Crippen LogP contribution >= 0.6 is 0 Å². The summed E-state index contributed by atoms with van der Waals surface area (Å²) in [4.78, 5) is 16.6. The number of hydrogen-bond acceptors (Lipinski definition) is 2. The van der Waals surface area contributed by atoms with Crippen molar-refractivity contribution in [1.82, 2.24) is 9.97 Å². The maximum Gasteiger partial charge on any atom is 0.323 e. The highest BCUT2D eigenvalue weighted by Gasteiger charge is 2.09. The number of hydrogen-bond donors (Lipinski definition) is 3. The standard InChI is InChI=1S/C13H19N3O/c1-13(2,3)6-7-14-9-4-5-10-11(8-9)16-12(17)15-10/h4-5,8,14H,6-7H2,1-3H3,(H2,15,16,17). The molecule has 0 fully saturated rings. The topological polar surface area (TPSA) is 60.7 Å². The Kier molecular flexibility index (Phi) is 2.96. The first kappa shape index (κ1) is 11.8. The lowest BCUT2D eigenvalue weighted by Gasteiger charge is -2.18. The molecule has 0 atom stereocenters. The van der Waals surface area contributed by atoms with Crippen molar-refractivity contribution in [3.63, 3.8) is 0 Å². The minimum absolute atomic E-state index is 0.160. The van der Waals surface area contributed by atoms with Gasteiger partial charge >= 0.3 is 5.69 Å². The fourth-order valence-corrected chi connectivity index (χ4v) is 1.72. The van der Waals surface area contributed by atoms with E-state index in [0.717, 1.165) is 29.7 Å². The molecule has 1 heterocycles. The van der Waals surface area contributed by atoms with E-state index in [1.807, 2.05) is 18.2 Å². The molecule has 17 heavy (non-hydrogen) atoms. The van der Waals surface area contributed by atoms with Crippen LogP contribution in [0.1, 0.15) is 27.2 Å². The highest BCUT2D eigenvalue weighted by molar-refractivity contribution is 5.78. The van der Waals surface area contributed by atoms with E-state index in [1.165, 1.54) is 0 Å². The molecule has 92 valence electrons. The molecule has 1 aromatic carbocycles. The summed E-state index contributed by atoms with van der Waals surface area (Å²) < 4.78 is 0. The van der Waals surface area contributed by atoms with E-state index in [4.69, 9.17) is 0 Å². The van der Waals surface area contributed by atoms with E-state index in [0.29, 0.717) is 5.41 Å². The summed E-state index contributed by atoms with van der Waals surface area (Å²) in [6.07, 6.45) is 1.11. The Morgan fingerprint density at radius 3 is 2.59 bits per heavy atom. The lowest BCUT2D eigenvalue weighted by molar-refractivity contribution is 0.390. The molecule has 0 spiro atoms. The van der Waals surface area contributed by atoms with Crippen molar-refractivity contribution in [3.05, 3.63) is 28.7 Å². The molecule has 0 aliphatic carbocycles. The van der Waals surface area contributed by atoms with Crippen molar-refractivity contribution >= 4 is 16.7 Å². The predicted molar refractivity (Wildman–Crippen MR) is 71.5 cm³/mol. The quantitative estimate of drug-likeness (QED) is 0.763. The molecule has 4 nitrogen and oxygen atoms in total. The number of fused-ring (bicyclic) bond motifs is 1. The van der Waals surface area contributed by atoms with Gasteiger partial charge in [0, 0.05) is 12.2 Å². The van der Waals surface area contributed by atoms with Crippen LogP contribution < -0.4 is 11.0 Å². The first-order chi connectivity index (χ1) is 7.94. The van der Waals surface area contributed by atoms with Gasteiger partial charge in [0.1, 0.15) is 0 Å². The van der Waals surface area contributed by atoms with Crippen molar-refractivity contribution in [2.45, 2.75) is 27.2 Å². The highest BCUT2D eigenvalue weighted by Crippen LogP contribution is 2.19. The Morgan fingerprint density at radius 2 is 1.88 bits per heavy atom. The van der Waals surface area contributed by atoms with Crippen molar-refractivity contribution in [2.24, 2.45) is 5.41 Å². The first-order valence-electron chi connectivity index (χ1n) is 5.90. The second kappa shape index (κ2) is 4.28. The molecule has 0 radical (unpaired) electrons. The van der Waals surface area contributed by atoms with Gasteiger partial charge in [0.2, 0.25) is 0 Å². The molecule has 2 rings (SSSR count). The van der Waals surface area contributed by atoms with Gasteiger partial charge in [-0.2, -0.15) is 0 Å². The Labute approximate surface area is 100 Å². The molecule has 0 unspecified atom stereocenters. The molecule has 0 bridgehead atoms. The van der Waals surface area contributed by atoms with E-state index < -0.39 is 0 Å². The van der Waals surface area contributed by atoms with Gasteiger partial charge in [-0.1, -0.05) is 20.8 Å². The molecular weight excluding hydrogens is 214 g/mol. The summed E-state index contributed by atoms with van der Waals surface area (Å²) in [6.45, 7) is 7.61. The third-order valence-corrected chi connectivity index (χ3v) is 2.72. The van der Waals surface area contributed by atoms with Crippen LogP contribution in [0.3, 0.4) is 0 Å². The van der Waals surface area contributed by atoms with Gasteiger partial charge in [-0.15, -0.1) is 0 Å². The van der Waals surface area contributed by atoms with Crippen molar-refractivity contribution in [1.29, 1.82) is 0 Å². The van der Waals surface area contributed by atoms with Crippen LogP contribution in [0.5, 0.6) is 0 Å². The van der Waals surface area contributed by atoms with Crippen molar-refractivity contribution in [2.75, 3.05) is 11.9 Å². The first-order valence-corrected chi connectivity index (χ1v) is 5.90. The molecule has 4 heteroatoms. The maximum absolute atomic E-state index is 11.1. The Hall–Kier alpha value is -1.71. The number of anilines is 1. The normalized spacial score (nSPS) is 11.9. The van der Waals surface area contributed by atoms with Crippen LogP contribution in [0.15, 0.2) is 23.0 Å². The van der Waals surface area contributed by atoms with Crippen LogP contribution in [0.25, 0.3) is 11.0 Å². The number of H-pyrrole nitrogens is 2. The van der Waals surface area contributed by atoms with Gasteiger partial charge in [0.05, 0.1) is 11.0 Å². The zero-order valence-corrected chi connectivity index (χ0v) is 10.6. The summed E-state index contributed by atoms with van der Waals surface area (Å²) in [5, 5.41) is 3.37. The van der Waals surface area contributed by atoms with E-state index in [1.54, 1.807) is 0 Å². The number of imidazole rings is 1. The fourth-order valence-electron chi connectivity index (χ4n) is 1.72. The molecule has 0 saturated heterocycles. The number of benzene rings is 1. The van der Waals surface area contributed by atoms with Crippen molar-refractivity contribution in [3.8, 4) is 0 Å². The van der Waals surface area contributed by atoms with Gasteiger partial charge < -0.3 is 15.3 Å². The van der Waals surface area contributed by atoms with Crippen LogP contribution in [0.2, 0.25) is 0 Å². The van der Waals surface area contributed by atoms with Gasteiger partial charge in [0.15, 0.2) is 0 Å². The molecule has 2 aromatic rings. The van der Waals surface area contributed by atoms with E-state index in [9.17, 15) is 4.79 Å². The van der Waals surface area contributed by atoms with Gasteiger partial charge in [-0.3, -0.25) is 0 Å². The second-order valence-corrected chi connectivity index (χ2v) is 5.58. The fraction of sp³-hybridized carbons (Fsp3) is 0.462. The molecule has 1 aromatic heterocycles. The molecular formula is C13H19N3O. The zero-order chi connectivity index (χ0) is 12.5. The molecule has 0 amide bonds. The van der Waals surface area contributed by atoms with Gasteiger partial charge in [0.25, 0.3) is 0 Å². The number of aromatic nitrogens is 2. The van der Waals surface area contributed by atoms with Gasteiger partial charge in [-0.25, -0.2) is 4.79 Å². The Morgan fingerprint density at radius 1 is 1.18 bits per heavy atom. The Bertz CT molecular complexity index is 560. The van der Waals surface area contributed by atoms with Crippen LogP contribution in [0, 0.1) is 5.41 Å². The van der Waals surface area contributed by atoms with Gasteiger partial charge in [-0.05, 0) is 30.0 Å². The van der Waals surface area contributed by atoms with E-state index in [2.05, 4.69) is 36.1 Å². The number of rotatable bonds is 3. The summed E-state index contributed by atoms with van der Waals surface area (Å²) >= 11 is 0. The summed E-state index contributed by atoms with van der Waals surface area (Å²) in [7, 11) is 0. The summed E-state index contributed by atoms with van der Waals surface area (Å²) in [5.74, 6) is 0. The third kappa shape index (κ3) is 3.12. The number of nitrogens with one attached hydrogen (secondary N) is 3. The predicted octanol–water partition coefficient (Wildman–Crippen LogP) is 2.70. The lowest BCUT2D eigenvalue weighted by Crippen LogP contribution is -2.12. The average Bonchev–Trinajstić information content (AvgIpc) is 2.55. The van der Waals surface area contributed by atoms with Crippen molar-refractivity contribution < 1.29 is 0 Å². The average molecular weight is 233 g/mol. The number of aromatic amines is 2. The largest absolute Gasteiger partial charge is 0.385 e. The third-order valence-electron chi connectivity index (χ3n) is 2.72. The zero-order valence-electron chi connectivity index (χ0n) is 10.6. The second-order valence-electron chi connectivity index (χ2n) is 5.58. The lowest BCUT2D eigenvalue weighted by atomic mass is 9.92. The molecule has 3 N–H and O–H groups in total. The molecule has 0 aliphatic heterocycles. The molecule has 0 saturated carbocycles. The highest BCUT2D eigenvalue weighted by atomic mass is 16.1. The SMILES string of the molecule is CC(C)(C)CCNc1ccc2[nH]c(=O)[nH]c2c1. The van der Waals surface area contributed by atoms with E-state index in [-0.39, 0.29) is 5.69 Å². The van der Waals surface area contributed by atoms with Crippen LogP contribution in [-0.2, 0) is 0 Å². The smallest absolute Gasteiger partial charge is 0.323 e. The maximum atomic E-state index is 11.1. The summed E-state index contributed by atoms with van der Waals surface area (Å²) in [6, 6.07) is 5.84. The molecule has 0 aliphatic rings. The van der Waals surface area contributed by atoms with Crippen LogP contribution in [0.4, 0.5) is 5.69 Å². The minimum Gasteiger partial charge on any atom is -0.385 e. The summed E-state index contributed by atoms with van der Waals surface area (Å²) in [5.41, 5.74) is 2.90. The van der Waals surface area contributed by atoms with Crippen LogP contribution in [-0.4, -0.2) is 16.5 Å².